The van der Waals surface area contributed by atoms with Crippen LogP contribution in [0.5, 0.6) is 0 Å². The first-order valence-corrected chi connectivity index (χ1v) is 13.3. The van der Waals surface area contributed by atoms with Crippen molar-refractivity contribution in [2.24, 2.45) is 0 Å². The molecular weight excluding hydrogens is 531 g/mol. The van der Waals surface area contributed by atoms with Crippen LogP contribution in [0.3, 0.4) is 0 Å². The third-order valence-corrected chi connectivity index (χ3v) is 6.54. The van der Waals surface area contributed by atoms with Crippen molar-refractivity contribution < 1.29 is 22.7 Å². The molecule has 0 spiro atoms. The standard InChI is InChI=1S/C28H26F3N3O4S/c1-28(2,3)38-23(35)12-11-17-8-5-7-16-9-6-10-22(24(16)17)34-25(36)32-26(39-4)33(27(34)37)15-18-13-20(30)21(31)14-19(18)29/h5-10,13-14H,11-12,15H2,1-4H3. The molecule has 0 aliphatic rings. The number of hydrogen-bond donors (Lipinski definition) is 0. The zero-order valence-electron chi connectivity index (χ0n) is 21.8. The van der Waals surface area contributed by atoms with Gasteiger partial charge in [0.05, 0.1) is 12.2 Å². The lowest BCUT2D eigenvalue weighted by molar-refractivity contribution is -0.154. The fraction of sp³-hybridized carbons (Fsp3) is 0.286. The SMILES string of the molecule is CSc1nc(=O)n(-c2cccc3cccc(CCC(=O)OC(C)(C)C)c23)c(=O)n1Cc1cc(F)c(F)cc1F. The summed E-state index contributed by atoms with van der Waals surface area (Å²) in [7, 11) is 0. The van der Waals surface area contributed by atoms with Crippen LogP contribution in [0, 0.1) is 17.5 Å². The van der Waals surface area contributed by atoms with Crippen LogP contribution in [0.25, 0.3) is 16.5 Å². The lowest BCUT2D eigenvalue weighted by Crippen LogP contribution is -2.41. The van der Waals surface area contributed by atoms with Gasteiger partial charge in [0.25, 0.3) is 0 Å². The summed E-state index contributed by atoms with van der Waals surface area (Å²) in [5.74, 6) is -4.06. The van der Waals surface area contributed by atoms with Crippen molar-refractivity contribution in [3.63, 3.8) is 0 Å². The number of esters is 1. The van der Waals surface area contributed by atoms with Gasteiger partial charge in [-0.05, 0) is 56.5 Å². The summed E-state index contributed by atoms with van der Waals surface area (Å²) in [4.78, 5) is 43.2. The zero-order valence-corrected chi connectivity index (χ0v) is 22.6. The van der Waals surface area contributed by atoms with E-state index in [0.29, 0.717) is 28.5 Å². The predicted molar refractivity (Wildman–Crippen MR) is 143 cm³/mol. The molecule has 0 N–H and O–H groups in total. The quantitative estimate of drug-likeness (QED) is 0.181. The second-order valence-corrected chi connectivity index (χ2v) is 10.6. The Morgan fingerprint density at radius 2 is 1.64 bits per heavy atom. The van der Waals surface area contributed by atoms with Crippen LogP contribution in [-0.4, -0.2) is 31.9 Å². The molecule has 4 rings (SSSR count). The van der Waals surface area contributed by atoms with Crippen LogP contribution in [0.15, 0.2) is 63.3 Å². The van der Waals surface area contributed by atoms with Crippen molar-refractivity contribution in [1.82, 2.24) is 14.1 Å². The number of carbonyl (C=O) groups excluding carboxylic acids is 1. The van der Waals surface area contributed by atoms with Crippen LogP contribution < -0.4 is 11.4 Å². The number of nitrogens with zero attached hydrogens (tertiary/aromatic N) is 3. The molecule has 4 aromatic rings. The summed E-state index contributed by atoms with van der Waals surface area (Å²) in [6.07, 6.45) is 1.93. The molecule has 0 unspecified atom stereocenters. The Morgan fingerprint density at radius 1 is 0.974 bits per heavy atom. The lowest BCUT2D eigenvalue weighted by Gasteiger charge is -2.20. The minimum absolute atomic E-state index is 0.0178. The smallest absolute Gasteiger partial charge is 0.358 e. The molecule has 1 aromatic heterocycles. The number of hydrogen-bond acceptors (Lipinski definition) is 6. The normalized spacial score (nSPS) is 11.7. The topological polar surface area (TPSA) is 83.2 Å². The summed E-state index contributed by atoms with van der Waals surface area (Å²) >= 11 is 0.979. The third kappa shape index (κ3) is 6.08. The summed E-state index contributed by atoms with van der Waals surface area (Å²) in [5.41, 5.74) is -1.70. The molecule has 11 heteroatoms. The molecule has 7 nitrogen and oxygen atoms in total. The number of benzene rings is 3. The van der Waals surface area contributed by atoms with Crippen LogP contribution in [0.1, 0.15) is 38.3 Å². The van der Waals surface area contributed by atoms with E-state index in [1.54, 1.807) is 63.4 Å². The van der Waals surface area contributed by atoms with Gasteiger partial charge in [-0.1, -0.05) is 42.1 Å². The van der Waals surface area contributed by atoms with E-state index in [4.69, 9.17) is 4.74 Å². The fourth-order valence-electron chi connectivity index (χ4n) is 4.25. The number of ether oxygens (including phenoxy) is 1. The molecule has 0 fully saturated rings. The van der Waals surface area contributed by atoms with E-state index in [0.717, 1.165) is 20.9 Å². The second-order valence-electron chi connectivity index (χ2n) is 9.82. The van der Waals surface area contributed by atoms with Gasteiger partial charge in [-0.15, -0.1) is 0 Å². The highest BCUT2D eigenvalue weighted by Gasteiger charge is 2.21. The van der Waals surface area contributed by atoms with E-state index >= 15 is 0 Å². The molecule has 3 aromatic carbocycles. The Labute approximate surface area is 226 Å². The summed E-state index contributed by atoms with van der Waals surface area (Å²) in [6.45, 7) is 4.84. The Hall–Kier alpha value is -3.86. The molecule has 0 aliphatic carbocycles. The number of halogens is 3. The van der Waals surface area contributed by atoms with E-state index in [2.05, 4.69) is 4.98 Å². The first-order valence-electron chi connectivity index (χ1n) is 12.0. The first-order chi connectivity index (χ1) is 18.4. The minimum atomic E-state index is -1.36. The summed E-state index contributed by atoms with van der Waals surface area (Å²) in [6, 6.07) is 11.5. The minimum Gasteiger partial charge on any atom is -0.460 e. The van der Waals surface area contributed by atoms with Gasteiger partial charge in [-0.2, -0.15) is 4.98 Å². The summed E-state index contributed by atoms with van der Waals surface area (Å²) < 4.78 is 49.1. The molecule has 0 aliphatic heterocycles. The van der Waals surface area contributed by atoms with E-state index in [-0.39, 0.29) is 29.2 Å². The highest BCUT2D eigenvalue weighted by atomic mass is 32.2. The number of rotatable bonds is 7. The molecule has 0 amide bonds. The Kier molecular flexibility index (Phi) is 8.01. The molecule has 1 heterocycles. The van der Waals surface area contributed by atoms with Crippen molar-refractivity contribution in [3.8, 4) is 5.69 Å². The zero-order chi connectivity index (χ0) is 28.5. The monoisotopic (exact) mass is 557 g/mol. The molecule has 39 heavy (non-hydrogen) atoms. The Bertz CT molecular complexity index is 1690. The van der Waals surface area contributed by atoms with Crippen LogP contribution >= 0.6 is 11.8 Å². The largest absolute Gasteiger partial charge is 0.460 e. The fourth-order valence-corrected chi connectivity index (χ4v) is 4.78. The number of aromatic nitrogens is 3. The number of thioether (sulfide) groups is 1. The molecule has 0 saturated carbocycles. The predicted octanol–water partition coefficient (Wildman–Crippen LogP) is 5.01. The Balaban J connectivity index is 1.86. The molecule has 0 saturated heterocycles. The molecule has 0 atom stereocenters. The van der Waals surface area contributed by atoms with Crippen molar-refractivity contribution in [1.29, 1.82) is 0 Å². The summed E-state index contributed by atoms with van der Waals surface area (Å²) in [5, 5.41) is 1.26. The third-order valence-electron chi connectivity index (χ3n) is 5.86. The van der Waals surface area contributed by atoms with Gasteiger partial charge in [0.2, 0.25) is 0 Å². The van der Waals surface area contributed by atoms with Crippen LogP contribution in [-0.2, 0) is 22.5 Å². The van der Waals surface area contributed by atoms with Crippen molar-refractivity contribution >= 4 is 28.5 Å². The van der Waals surface area contributed by atoms with Crippen LogP contribution in [0.2, 0.25) is 0 Å². The van der Waals surface area contributed by atoms with Gasteiger partial charge in [0.1, 0.15) is 11.4 Å². The van der Waals surface area contributed by atoms with Crippen molar-refractivity contribution in [2.75, 3.05) is 6.26 Å². The average Bonchev–Trinajstić information content (AvgIpc) is 2.86. The number of carbonyl (C=O) groups is 1. The van der Waals surface area contributed by atoms with Crippen LogP contribution in [0.4, 0.5) is 13.2 Å². The van der Waals surface area contributed by atoms with E-state index in [1.165, 1.54) is 0 Å². The van der Waals surface area contributed by atoms with E-state index in [9.17, 15) is 27.6 Å². The van der Waals surface area contributed by atoms with Gasteiger partial charge in [-0.3, -0.25) is 9.36 Å². The average molecular weight is 558 g/mol. The van der Waals surface area contributed by atoms with Gasteiger partial charge >= 0.3 is 17.3 Å². The highest BCUT2D eigenvalue weighted by Crippen LogP contribution is 2.27. The first kappa shape index (κ1) is 28.2. The number of fused-ring (bicyclic) bond motifs is 1. The number of aryl methyl sites for hydroxylation is 1. The lowest BCUT2D eigenvalue weighted by atomic mass is 9.99. The maximum absolute atomic E-state index is 14.4. The van der Waals surface area contributed by atoms with Gasteiger partial charge in [0.15, 0.2) is 16.8 Å². The highest BCUT2D eigenvalue weighted by molar-refractivity contribution is 7.98. The Morgan fingerprint density at radius 3 is 2.31 bits per heavy atom. The van der Waals surface area contributed by atoms with Gasteiger partial charge in [0, 0.05) is 23.4 Å². The van der Waals surface area contributed by atoms with Gasteiger partial charge in [-0.25, -0.2) is 27.3 Å². The molecular formula is C28H26F3N3O4S. The maximum atomic E-state index is 14.4. The van der Waals surface area contributed by atoms with E-state index < -0.39 is 46.9 Å². The van der Waals surface area contributed by atoms with Crippen molar-refractivity contribution in [2.45, 2.75) is 50.9 Å². The molecule has 0 bridgehead atoms. The van der Waals surface area contributed by atoms with Crippen molar-refractivity contribution in [3.05, 3.63) is 98.1 Å². The molecule has 0 radical (unpaired) electrons. The maximum Gasteiger partial charge on any atom is 0.358 e. The van der Waals surface area contributed by atoms with E-state index in [1.807, 2.05) is 0 Å². The molecule has 204 valence electrons. The second kappa shape index (κ2) is 11.1. The van der Waals surface area contributed by atoms with Gasteiger partial charge < -0.3 is 4.74 Å².